The van der Waals surface area contributed by atoms with Gasteiger partial charge < -0.3 is 14.9 Å². The molecule has 1 aromatic heterocycles. The van der Waals surface area contributed by atoms with E-state index in [0.717, 1.165) is 0 Å². The number of nitrogens with two attached hydrogens (primary N) is 1. The van der Waals surface area contributed by atoms with E-state index in [1.165, 1.54) is 6.21 Å². The highest BCUT2D eigenvalue weighted by Crippen LogP contribution is 2.29. The molecule has 1 amide bonds. The molecule has 7 nitrogen and oxygen atoms in total. The lowest BCUT2D eigenvalue weighted by atomic mass is 10.1. The van der Waals surface area contributed by atoms with E-state index in [2.05, 4.69) is 10.5 Å². The molecule has 0 aliphatic rings. The number of ether oxygens (including phenoxy) is 1. The molecular formula is C22H20ClN3O4. The van der Waals surface area contributed by atoms with E-state index in [9.17, 15) is 9.59 Å². The van der Waals surface area contributed by atoms with Crippen LogP contribution in [-0.2, 0) is 4.74 Å². The number of benzene rings is 2. The number of furan rings is 1. The van der Waals surface area contributed by atoms with Gasteiger partial charge in [-0.3, -0.25) is 4.79 Å². The maximum atomic E-state index is 12.4. The molecular weight excluding hydrogens is 406 g/mol. The summed E-state index contributed by atoms with van der Waals surface area (Å²) in [5, 5.41) is 4.34. The van der Waals surface area contributed by atoms with Gasteiger partial charge >= 0.3 is 5.97 Å². The Bertz CT molecular complexity index is 1110. The number of esters is 1. The molecule has 0 atom stereocenters. The summed E-state index contributed by atoms with van der Waals surface area (Å²) >= 11 is 6.10. The van der Waals surface area contributed by atoms with Crippen LogP contribution in [0.15, 0.2) is 64.1 Å². The predicted octanol–water partition coefficient (Wildman–Crippen LogP) is 4.51. The molecule has 2 aromatic carbocycles. The summed E-state index contributed by atoms with van der Waals surface area (Å²) in [5.74, 6) is -0.136. The first-order valence-electron chi connectivity index (χ1n) is 9.14. The summed E-state index contributed by atoms with van der Waals surface area (Å²) in [6, 6.07) is 14.8. The Hall–Kier alpha value is -3.58. The molecule has 0 aliphatic heterocycles. The Morgan fingerprint density at radius 1 is 1.13 bits per heavy atom. The number of anilines is 1. The molecule has 0 saturated heterocycles. The van der Waals surface area contributed by atoms with Crippen LogP contribution >= 0.6 is 11.6 Å². The fraction of sp³-hybridized carbons (Fsp3) is 0.136. The van der Waals surface area contributed by atoms with Gasteiger partial charge in [-0.1, -0.05) is 23.7 Å². The minimum Gasteiger partial charge on any atom is -0.459 e. The molecule has 0 radical (unpaired) electrons. The van der Waals surface area contributed by atoms with E-state index < -0.39 is 11.9 Å². The van der Waals surface area contributed by atoms with E-state index >= 15 is 0 Å². The molecule has 0 fully saturated rings. The Morgan fingerprint density at radius 3 is 2.63 bits per heavy atom. The van der Waals surface area contributed by atoms with Crippen molar-refractivity contribution < 1.29 is 18.7 Å². The zero-order valence-electron chi connectivity index (χ0n) is 16.4. The summed E-state index contributed by atoms with van der Waals surface area (Å²) in [6.07, 6.45) is 1.08. The summed E-state index contributed by atoms with van der Waals surface area (Å²) in [6.45, 7) is 3.54. The smallest absolute Gasteiger partial charge is 0.339 e. The predicted molar refractivity (Wildman–Crippen MR) is 116 cm³/mol. The molecule has 3 aromatic rings. The molecule has 30 heavy (non-hydrogen) atoms. The molecule has 3 N–H and O–H groups in total. The van der Waals surface area contributed by atoms with Crippen LogP contribution in [0.3, 0.4) is 0 Å². The van der Waals surface area contributed by atoms with Gasteiger partial charge in [-0.05, 0) is 56.3 Å². The maximum absolute atomic E-state index is 12.4. The number of para-hydroxylation sites is 1. The van der Waals surface area contributed by atoms with Crippen molar-refractivity contribution in [3.63, 3.8) is 0 Å². The van der Waals surface area contributed by atoms with Gasteiger partial charge in [0.15, 0.2) is 0 Å². The summed E-state index contributed by atoms with van der Waals surface area (Å²) in [5.41, 5.74) is 9.67. The van der Waals surface area contributed by atoms with Crippen LogP contribution < -0.4 is 11.2 Å². The summed E-state index contributed by atoms with van der Waals surface area (Å²) in [4.78, 5) is 24.5. The highest BCUT2D eigenvalue weighted by Gasteiger charge is 2.18. The molecule has 0 saturated carbocycles. The van der Waals surface area contributed by atoms with Gasteiger partial charge in [0, 0.05) is 16.3 Å². The minimum atomic E-state index is -0.476. The SMILES string of the molecule is CC(C)OC(=O)c1ccc(Cl)cc1-c1ccc(/C=N\NC(=O)c2ccccc2N)o1. The van der Waals surface area contributed by atoms with Crippen LogP contribution in [0.2, 0.25) is 5.02 Å². The third-order valence-corrected chi connectivity index (χ3v) is 4.23. The van der Waals surface area contributed by atoms with Crippen LogP contribution in [-0.4, -0.2) is 24.2 Å². The molecule has 0 aliphatic carbocycles. The molecule has 0 unspecified atom stereocenters. The van der Waals surface area contributed by atoms with Gasteiger partial charge in [-0.15, -0.1) is 0 Å². The molecule has 8 heteroatoms. The number of rotatable bonds is 6. The zero-order chi connectivity index (χ0) is 21.7. The number of nitrogens with one attached hydrogen (secondary N) is 1. The number of nitrogens with zero attached hydrogens (tertiary/aromatic N) is 1. The average Bonchev–Trinajstić information content (AvgIpc) is 3.16. The van der Waals surface area contributed by atoms with Crippen LogP contribution in [0.4, 0.5) is 5.69 Å². The van der Waals surface area contributed by atoms with E-state index in [0.29, 0.717) is 38.9 Å². The van der Waals surface area contributed by atoms with Crippen molar-refractivity contribution in [2.75, 3.05) is 5.73 Å². The molecule has 3 rings (SSSR count). The normalized spacial score (nSPS) is 11.1. The Morgan fingerprint density at radius 2 is 1.90 bits per heavy atom. The van der Waals surface area contributed by atoms with Crippen LogP contribution in [0.5, 0.6) is 0 Å². The van der Waals surface area contributed by atoms with Crippen molar-refractivity contribution in [3.8, 4) is 11.3 Å². The monoisotopic (exact) mass is 425 g/mol. The molecule has 0 bridgehead atoms. The second-order valence-corrected chi connectivity index (χ2v) is 7.07. The Labute approximate surface area is 178 Å². The van der Waals surface area contributed by atoms with Gasteiger partial charge in [-0.25, -0.2) is 10.2 Å². The van der Waals surface area contributed by atoms with Gasteiger partial charge in [0.05, 0.1) is 23.4 Å². The summed E-state index contributed by atoms with van der Waals surface area (Å²) in [7, 11) is 0. The lowest BCUT2D eigenvalue weighted by molar-refractivity contribution is 0.0378. The largest absolute Gasteiger partial charge is 0.459 e. The van der Waals surface area contributed by atoms with E-state index in [4.69, 9.17) is 26.5 Å². The van der Waals surface area contributed by atoms with E-state index in [1.54, 1.807) is 68.4 Å². The lowest BCUT2D eigenvalue weighted by Crippen LogP contribution is -2.18. The van der Waals surface area contributed by atoms with Gasteiger partial charge in [0.2, 0.25) is 0 Å². The minimum absolute atomic E-state index is 0.261. The third kappa shape index (κ3) is 5.07. The second-order valence-electron chi connectivity index (χ2n) is 6.63. The van der Waals surface area contributed by atoms with Crippen molar-refractivity contribution >= 4 is 35.4 Å². The lowest BCUT2D eigenvalue weighted by Gasteiger charge is -2.11. The van der Waals surface area contributed by atoms with Crippen molar-refractivity contribution in [2.24, 2.45) is 5.10 Å². The number of hydrazone groups is 1. The van der Waals surface area contributed by atoms with Crippen molar-refractivity contribution in [3.05, 3.63) is 76.5 Å². The van der Waals surface area contributed by atoms with E-state index in [1.807, 2.05) is 0 Å². The number of halogens is 1. The number of nitrogen functional groups attached to an aromatic ring is 1. The summed E-state index contributed by atoms with van der Waals surface area (Å²) < 4.78 is 11.0. The highest BCUT2D eigenvalue weighted by atomic mass is 35.5. The fourth-order valence-electron chi connectivity index (χ4n) is 2.66. The Balaban J connectivity index is 1.77. The van der Waals surface area contributed by atoms with Crippen LogP contribution in [0.25, 0.3) is 11.3 Å². The number of amides is 1. The van der Waals surface area contributed by atoms with Gasteiger partial charge in [-0.2, -0.15) is 5.10 Å². The molecule has 0 spiro atoms. The van der Waals surface area contributed by atoms with Crippen LogP contribution in [0, 0.1) is 0 Å². The topological polar surface area (TPSA) is 107 Å². The number of carbonyl (C=O) groups is 2. The number of hydrogen-bond donors (Lipinski definition) is 2. The van der Waals surface area contributed by atoms with Gasteiger partial charge in [0.1, 0.15) is 11.5 Å². The highest BCUT2D eigenvalue weighted by molar-refractivity contribution is 6.31. The quantitative estimate of drug-likeness (QED) is 0.261. The van der Waals surface area contributed by atoms with Crippen molar-refractivity contribution in [2.45, 2.75) is 20.0 Å². The third-order valence-electron chi connectivity index (χ3n) is 4.00. The number of hydrogen-bond acceptors (Lipinski definition) is 6. The molecule has 154 valence electrons. The number of carbonyl (C=O) groups excluding carboxylic acids is 2. The molecule has 1 heterocycles. The maximum Gasteiger partial charge on any atom is 0.339 e. The van der Waals surface area contributed by atoms with E-state index in [-0.39, 0.29) is 6.10 Å². The fourth-order valence-corrected chi connectivity index (χ4v) is 2.83. The first-order chi connectivity index (χ1) is 14.3. The first kappa shape index (κ1) is 21.1. The Kier molecular flexibility index (Phi) is 6.54. The average molecular weight is 426 g/mol. The van der Waals surface area contributed by atoms with Crippen molar-refractivity contribution in [1.82, 2.24) is 5.43 Å². The van der Waals surface area contributed by atoms with Gasteiger partial charge in [0.25, 0.3) is 5.91 Å². The zero-order valence-corrected chi connectivity index (χ0v) is 17.1. The first-order valence-corrected chi connectivity index (χ1v) is 9.51. The standard InChI is InChI=1S/C22H20ClN3O4/c1-13(2)29-22(28)16-9-7-14(23)11-18(16)20-10-8-15(30-20)12-25-26-21(27)17-5-3-4-6-19(17)24/h3-13H,24H2,1-2H3,(H,26,27)/b25-12-. The van der Waals surface area contributed by atoms with Crippen molar-refractivity contribution in [1.29, 1.82) is 0 Å². The van der Waals surface area contributed by atoms with Crippen LogP contribution in [0.1, 0.15) is 40.3 Å². The second kappa shape index (κ2) is 9.28.